The van der Waals surface area contributed by atoms with E-state index in [1.807, 2.05) is 19.1 Å². The number of aryl methyl sites for hydroxylation is 1. The fraction of sp³-hybridized carbons (Fsp3) is 0.455. The lowest BCUT2D eigenvalue weighted by atomic mass is 9.92. The zero-order valence-electron chi connectivity index (χ0n) is 17.5. The third-order valence-corrected chi connectivity index (χ3v) is 6.01. The zero-order valence-corrected chi connectivity index (χ0v) is 17.5. The van der Waals surface area contributed by atoms with Crippen LogP contribution in [0.2, 0.25) is 0 Å². The Morgan fingerprint density at radius 2 is 1.80 bits per heavy atom. The fourth-order valence-corrected chi connectivity index (χ4v) is 4.41. The number of aromatic amines is 1. The van der Waals surface area contributed by atoms with Crippen molar-refractivity contribution in [2.45, 2.75) is 64.5 Å². The van der Waals surface area contributed by atoms with Crippen LogP contribution >= 0.6 is 0 Å². The number of carbonyl (C=O) groups is 2. The number of benzene rings is 1. The van der Waals surface area contributed by atoms with Gasteiger partial charge in [-0.05, 0) is 52.2 Å². The summed E-state index contributed by atoms with van der Waals surface area (Å²) < 4.78 is 0. The normalized spacial score (nSPS) is 23.5. The molecule has 2 aliphatic heterocycles. The lowest BCUT2D eigenvalue weighted by Gasteiger charge is -2.39. The molecule has 2 aliphatic rings. The third-order valence-electron chi connectivity index (χ3n) is 6.01. The molecule has 0 saturated carbocycles. The van der Waals surface area contributed by atoms with Gasteiger partial charge in [-0.15, -0.1) is 0 Å². The van der Waals surface area contributed by atoms with E-state index in [1.165, 1.54) is 0 Å². The van der Waals surface area contributed by atoms with Gasteiger partial charge in [-0.25, -0.2) is 0 Å². The molecule has 1 aromatic heterocycles. The molecule has 3 heterocycles. The molecule has 0 unspecified atom stereocenters. The van der Waals surface area contributed by atoms with E-state index in [9.17, 15) is 14.4 Å². The summed E-state index contributed by atoms with van der Waals surface area (Å²) in [7, 11) is 0. The largest absolute Gasteiger partial charge is 0.337 e. The first-order chi connectivity index (χ1) is 14.3. The van der Waals surface area contributed by atoms with Crippen LogP contribution in [0.25, 0.3) is 0 Å². The molecule has 2 amide bonds. The molecule has 8 heteroatoms. The molecule has 3 atom stereocenters. The number of nitrogens with one attached hydrogen (secondary N) is 3. The summed E-state index contributed by atoms with van der Waals surface area (Å²) in [5.41, 5.74) is 1.52. The Hall–Kier alpha value is -3.16. The second kappa shape index (κ2) is 7.93. The Bertz CT molecular complexity index is 1020. The SMILES string of the molecule is Cc1ccc(NC(=O)[C@@H]2CC(=O)Nc3nc(N4[C@H](C)CCC[C@@H]4C)[nH]c(=O)c32)cc1. The van der Waals surface area contributed by atoms with Crippen LogP contribution in [0.3, 0.4) is 0 Å². The van der Waals surface area contributed by atoms with Gasteiger partial charge in [-0.2, -0.15) is 4.98 Å². The topological polar surface area (TPSA) is 107 Å². The van der Waals surface area contributed by atoms with Crippen LogP contribution in [-0.2, 0) is 9.59 Å². The van der Waals surface area contributed by atoms with Crippen molar-refractivity contribution in [1.29, 1.82) is 0 Å². The van der Waals surface area contributed by atoms with Crippen molar-refractivity contribution in [3.05, 3.63) is 45.7 Å². The molecule has 0 bridgehead atoms. The van der Waals surface area contributed by atoms with E-state index in [1.54, 1.807) is 12.1 Å². The van der Waals surface area contributed by atoms with Gasteiger partial charge in [0.15, 0.2) is 0 Å². The molecule has 3 N–H and O–H groups in total. The number of piperidine rings is 1. The van der Waals surface area contributed by atoms with Crippen molar-refractivity contribution >= 4 is 29.3 Å². The van der Waals surface area contributed by atoms with Gasteiger partial charge in [0.25, 0.3) is 5.56 Å². The minimum atomic E-state index is -0.892. The number of hydrogen-bond acceptors (Lipinski definition) is 5. The van der Waals surface area contributed by atoms with E-state index in [4.69, 9.17) is 0 Å². The van der Waals surface area contributed by atoms with Crippen molar-refractivity contribution in [3.8, 4) is 0 Å². The number of hydrogen-bond donors (Lipinski definition) is 3. The van der Waals surface area contributed by atoms with E-state index < -0.39 is 11.8 Å². The maximum atomic E-state index is 13.0. The smallest absolute Gasteiger partial charge is 0.258 e. The average Bonchev–Trinajstić information content (AvgIpc) is 2.68. The van der Waals surface area contributed by atoms with Crippen molar-refractivity contribution in [2.75, 3.05) is 15.5 Å². The summed E-state index contributed by atoms with van der Waals surface area (Å²) in [5, 5.41) is 5.50. The van der Waals surface area contributed by atoms with Crippen LogP contribution in [0.5, 0.6) is 0 Å². The molecular weight excluding hydrogens is 382 g/mol. The molecule has 2 aromatic rings. The summed E-state index contributed by atoms with van der Waals surface area (Å²) in [4.78, 5) is 47.7. The van der Waals surface area contributed by atoms with E-state index in [0.29, 0.717) is 11.6 Å². The van der Waals surface area contributed by atoms with Crippen molar-refractivity contribution in [1.82, 2.24) is 9.97 Å². The number of H-pyrrole nitrogens is 1. The van der Waals surface area contributed by atoms with Crippen LogP contribution in [0.15, 0.2) is 29.1 Å². The highest BCUT2D eigenvalue weighted by molar-refractivity contribution is 6.04. The Kier molecular flexibility index (Phi) is 5.32. The monoisotopic (exact) mass is 409 g/mol. The second-order valence-electron chi connectivity index (χ2n) is 8.35. The zero-order chi connectivity index (χ0) is 21.4. The van der Waals surface area contributed by atoms with Crippen LogP contribution in [0.4, 0.5) is 17.5 Å². The molecule has 0 aliphatic carbocycles. The van der Waals surface area contributed by atoms with E-state index in [0.717, 1.165) is 24.8 Å². The molecule has 1 fully saturated rings. The number of aromatic nitrogens is 2. The number of fused-ring (bicyclic) bond motifs is 1. The highest BCUT2D eigenvalue weighted by atomic mass is 16.2. The minimum absolute atomic E-state index is 0.0919. The predicted octanol–water partition coefficient (Wildman–Crippen LogP) is 2.91. The van der Waals surface area contributed by atoms with Gasteiger partial charge in [0.2, 0.25) is 17.8 Å². The fourth-order valence-electron chi connectivity index (χ4n) is 4.41. The third kappa shape index (κ3) is 3.81. The van der Waals surface area contributed by atoms with E-state index in [-0.39, 0.29) is 41.4 Å². The van der Waals surface area contributed by atoms with Crippen molar-refractivity contribution in [2.24, 2.45) is 0 Å². The average molecular weight is 409 g/mol. The Balaban J connectivity index is 1.67. The van der Waals surface area contributed by atoms with Crippen LogP contribution in [0.1, 0.15) is 56.6 Å². The van der Waals surface area contributed by atoms with Crippen LogP contribution in [0, 0.1) is 6.92 Å². The first kappa shape index (κ1) is 20.1. The van der Waals surface area contributed by atoms with Gasteiger partial charge in [-0.3, -0.25) is 19.4 Å². The number of rotatable bonds is 3. The van der Waals surface area contributed by atoms with Gasteiger partial charge in [0.1, 0.15) is 5.82 Å². The van der Waals surface area contributed by atoms with Gasteiger partial charge < -0.3 is 15.5 Å². The maximum absolute atomic E-state index is 13.0. The molecule has 158 valence electrons. The minimum Gasteiger partial charge on any atom is -0.337 e. The second-order valence-corrected chi connectivity index (χ2v) is 8.35. The van der Waals surface area contributed by atoms with E-state index >= 15 is 0 Å². The summed E-state index contributed by atoms with van der Waals surface area (Å²) in [6.07, 6.45) is 3.06. The quantitative estimate of drug-likeness (QED) is 0.723. The van der Waals surface area contributed by atoms with Crippen molar-refractivity contribution in [3.63, 3.8) is 0 Å². The Morgan fingerprint density at radius 1 is 1.13 bits per heavy atom. The molecule has 1 aromatic carbocycles. The summed E-state index contributed by atoms with van der Waals surface area (Å²) in [6.45, 7) is 6.16. The Morgan fingerprint density at radius 3 is 2.47 bits per heavy atom. The number of carbonyl (C=O) groups excluding carboxylic acids is 2. The van der Waals surface area contributed by atoms with E-state index in [2.05, 4.69) is 39.3 Å². The summed E-state index contributed by atoms with van der Waals surface area (Å²) in [5.74, 6) is -0.987. The summed E-state index contributed by atoms with van der Waals surface area (Å²) >= 11 is 0. The maximum Gasteiger partial charge on any atom is 0.258 e. The highest BCUT2D eigenvalue weighted by Crippen LogP contribution is 2.32. The standard InChI is InChI=1S/C22H27N5O3/c1-12-7-9-15(10-8-12)23-20(29)16-11-17(28)24-19-18(16)21(30)26-22(25-19)27-13(2)5-4-6-14(27)3/h7-10,13-14,16H,4-6,11H2,1-3H3,(H,23,29)(H2,24,25,26,28,30)/t13-,14+,16-/m1/s1. The molecule has 4 rings (SSSR count). The van der Waals surface area contributed by atoms with Gasteiger partial charge in [-0.1, -0.05) is 17.7 Å². The predicted molar refractivity (Wildman–Crippen MR) is 116 cm³/mol. The van der Waals surface area contributed by atoms with Crippen LogP contribution < -0.4 is 21.1 Å². The van der Waals surface area contributed by atoms with Crippen molar-refractivity contribution < 1.29 is 9.59 Å². The highest BCUT2D eigenvalue weighted by Gasteiger charge is 2.36. The van der Waals surface area contributed by atoms with Gasteiger partial charge in [0, 0.05) is 24.2 Å². The Labute approximate surface area is 175 Å². The number of amides is 2. The first-order valence-electron chi connectivity index (χ1n) is 10.4. The molecule has 30 heavy (non-hydrogen) atoms. The van der Waals surface area contributed by atoms with Gasteiger partial charge in [0.05, 0.1) is 11.5 Å². The number of anilines is 3. The van der Waals surface area contributed by atoms with Gasteiger partial charge >= 0.3 is 0 Å². The molecule has 1 saturated heterocycles. The lowest BCUT2D eigenvalue weighted by molar-refractivity contribution is -0.123. The lowest BCUT2D eigenvalue weighted by Crippen LogP contribution is -2.46. The molecular formula is C22H27N5O3. The molecule has 0 spiro atoms. The summed E-state index contributed by atoms with van der Waals surface area (Å²) in [6, 6.07) is 7.82. The van der Waals surface area contributed by atoms with Crippen LogP contribution in [-0.4, -0.2) is 33.9 Å². The molecule has 0 radical (unpaired) electrons. The number of nitrogens with zero attached hydrogens (tertiary/aromatic N) is 2. The molecule has 8 nitrogen and oxygen atoms in total. The first-order valence-corrected chi connectivity index (χ1v) is 10.4.